The molecule has 0 spiro atoms. The number of hydrogen-bond donors (Lipinski definition) is 0. The van der Waals surface area contributed by atoms with Gasteiger partial charge < -0.3 is 9.47 Å². The van der Waals surface area contributed by atoms with E-state index in [1.54, 1.807) is 47.0 Å². The molecule has 38 heavy (non-hydrogen) atoms. The van der Waals surface area contributed by atoms with Crippen LogP contribution in [0.2, 0.25) is 0 Å². The number of esters is 2. The van der Waals surface area contributed by atoms with Crippen LogP contribution in [0.15, 0.2) is 42.4 Å². The maximum absolute atomic E-state index is 11.8. The van der Waals surface area contributed by atoms with Crippen LogP contribution < -0.4 is 0 Å². The van der Waals surface area contributed by atoms with E-state index in [9.17, 15) is 9.59 Å². The normalized spacial score (nSPS) is 19.5. The largest absolute Gasteiger partial charge is 0.466 e. The van der Waals surface area contributed by atoms with Gasteiger partial charge in [-0.2, -0.15) is 0 Å². The SMILES string of the molecule is CCOC(=O)CCSC1=C(SCCC(=O)OCC)SC(=C2SC3=C(SC(=C4SC(SC)=C(SC)S4)S3)S2)S1. The summed E-state index contributed by atoms with van der Waals surface area (Å²) >= 11 is 22.1. The first-order valence-electron chi connectivity index (χ1n) is 11.2. The highest BCUT2D eigenvalue weighted by Gasteiger charge is 2.37. The molecule has 0 amide bonds. The summed E-state index contributed by atoms with van der Waals surface area (Å²) in [4.78, 5) is 23.7. The highest BCUT2D eigenvalue weighted by Crippen LogP contribution is 2.73. The molecule has 0 fully saturated rings. The molecule has 0 aromatic carbocycles. The van der Waals surface area contributed by atoms with Crippen molar-refractivity contribution >= 4 is 153 Å². The van der Waals surface area contributed by atoms with E-state index in [1.165, 1.54) is 42.4 Å². The van der Waals surface area contributed by atoms with E-state index in [-0.39, 0.29) is 11.9 Å². The van der Waals surface area contributed by atoms with Crippen molar-refractivity contribution < 1.29 is 19.1 Å². The van der Waals surface area contributed by atoms with Crippen molar-refractivity contribution in [1.29, 1.82) is 0 Å². The van der Waals surface area contributed by atoms with Crippen molar-refractivity contribution in [3.05, 3.63) is 42.4 Å². The van der Waals surface area contributed by atoms with Gasteiger partial charge in [-0.15, -0.1) is 47.0 Å². The number of rotatable bonds is 12. The second kappa shape index (κ2) is 16.6. The zero-order valence-electron chi connectivity index (χ0n) is 20.8. The van der Waals surface area contributed by atoms with Gasteiger partial charge >= 0.3 is 11.9 Å². The molecule has 0 saturated carbocycles. The summed E-state index contributed by atoms with van der Waals surface area (Å²) in [6, 6.07) is 0. The smallest absolute Gasteiger partial charge is 0.306 e. The van der Waals surface area contributed by atoms with Crippen LogP contribution in [0.25, 0.3) is 0 Å². The summed E-state index contributed by atoms with van der Waals surface area (Å²) in [7, 11) is 0. The Morgan fingerprint density at radius 3 is 1.18 bits per heavy atom. The summed E-state index contributed by atoms with van der Waals surface area (Å²) in [6.45, 7) is 4.48. The molecular formula is C22H24O4S12. The molecule has 16 heteroatoms. The molecular weight excluding hydrogens is 713 g/mol. The van der Waals surface area contributed by atoms with Gasteiger partial charge in [-0.05, 0) is 26.4 Å². The molecule has 4 heterocycles. The van der Waals surface area contributed by atoms with Crippen LogP contribution in [0, 0.1) is 0 Å². The van der Waals surface area contributed by atoms with E-state index < -0.39 is 0 Å². The number of thioether (sulfide) groups is 12. The van der Waals surface area contributed by atoms with Gasteiger partial charge in [0.25, 0.3) is 0 Å². The van der Waals surface area contributed by atoms with Crippen molar-refractivity contribution in [1.82, 2.24) is 0 Å². The van der Waals surface area contributed by atoms with Gasteiger partial charge in [0.15, 0.2) is 0 Å². The lowest BCUT2D eigenvalue weighted by atomic mass is 10.5. The molecule has 0 unspecified atom stereocenters. The summed E-state index contributed by atoms with van der Waals surface area (Å²) in [5, 5.41) is 0. The first kappa shape index (κ1) is 32.7. The van der Waals surface area contributed by atoms with Crippen molar-refractivity contribution in [2.75, 3.05) is 37.2 Å². The molecule has 0 aromatic rings. The van der Waals surface area contributed by atoms with Crippen LogP contribution in [0.4, 0.5) is 0 Å². The fourth-order valence-corrected chi connectivity index (χ4v) is 20.6. The Balaban J connectivity index is 1.37. The summed E-state index contributed by atoms with van der Waals surface area (Å²) in [5.74, 6) is 1.05. The van der Waals surface area contributed by atoms with Gasteiger partial charge in [-0.3, -0.25) is 9.59 Å². The molecule has 0 N–H and O–H groups in total. The minimum atomic E-state index is -0.157. The molecule has 0 atom stereocenters. The predicted molar refractivity (Wildman–Crippen MR) is 190 cm³/mol. The molecule has 0 aliphatic carbocycles. The molecule has 0 saturated heterocycles. The van der Waals surface area contributed by atoms with Gasteiger partial charge in [0, 0.05) is 11.5 Å². The van der Waals surface area contributed by atoms with Gasteiger partial charge in [-0.25, -0.2) is 0 Å². The Kier molecular flexibility index (Phi) is 14.3. The Morgan fingerprint density at radius 2 is 0.868 bits per heavy atom. The van der Waals surface area contributed by atoms with Crippen LogP contribution in [-0.4, -0.2) is 49.2 Å². The Bertz CT molecular complexity index is 1050. The minimum Gasteiger partial charge on any atom is -0.466 e. The van der Waals surface area contributed by atoms with Crippen LogP contribution in [0.1, 0.15) is 26.7 Å². The molecule has 4 rings (SSSR count). The van der Waals surface area contributed by atoms with Crippen LogP contribution >= 0.6 is 141 Å². The van der Waals surface area contributed by atoms with Crippen LogP contribution in [0.5, 0.6) is 0 Å². The van der Waals surface area contributed by atoms with E-state index in [0.717, 1.165) is 0 Å². The molecule has 208 valence electrons. The Labute approximate surface area is 275 Å². The number of carbonyl (C=O) groups excluding carboxylic acids is 2. The molecule has 0 radical (unpaired) electrons. The zero-order chi connectivity index (χ0) is 27.1. The topological polar surface area (TPSA) is 52.6 Å². The Hall–Kier alpha value is 1.84. The fraction of sp³-hybridized carbons (Fsp3) is 0.455. The summed E-state index contributed by atoms with van der Waals surface area (Å²) in [5.41, 5.74) is 0. The fourth-order valence-electron chi connectivity index (χ4n) is 2.81. The van der Waals surface area contributed by atoms with Crippen LogP contribution in [-0.2, 0) is 19.1 Å². The monoisotopic (exact) mass is 736 g/mol. The molecule has 0 aromatic heterocycles. The summed E-state index contributed by atoms with van der Waals surface area (Å²) < 4.78 is 23.6. The lowest BCUT2D eigenvalue weighted by molar-refractivity contribution is -0.143. The van der Waals surface area contributed by atoms with E-state index in [4.69, 9.17) is 9.47 Å². The highest BCUT2D eigenvalue weighted by atomic mass is 32.3. The van der Waals surface area contributed by atoms with Gasteiger partial charge in [-0.1, -0.05) is 94.1 Å². The lowest BCUT2D eigenvalue weighted by Crippen LogP contribution is -2.04. The number of ether oxygens (including phenoxy) is 2. The first-order valence-corrected chi connectivity index (χ1v) is 22.2. The van der Waals surface area contributed by atoms with Crippen molar-refractivity contribution in [3.8, 4) is 0 Å². The molecule has 4 aliphatic rings. The third-order valence-electron chi connectivity index (χ3n) is 4.38. The number of carbonyl (C=O) groups is 2. The first-order chi connectivity index (χ1) is 18.4. The average Bonchev–Trinajstić information content (AvgIpc) is 3.66. The minimum absolute atomic E-state index is 0.157. The second-order valence-corrected chi connectivity index (χ2v) is 21.5. The molecule has 4 nitrogen and oxygen atoms in total. The van der Waals surface area contributed by atoms with Crippen LogP contribution in [0.3, 0.4) is 0 Å². The van der Waals surface area contributed by atoms with Crippen molar-refractivity contribution in [3.63, 3.8) is 0 Å². The van der Waals surface area contributed by atoms with E-state index in [1.807, 2.05) is 108 Å². The highest BCUT2D eigenvalue weighted by molar-refractivity contribution is 8.51. The van der Waals surface area contributed by atoms with Gasteiger partial charge in [0.05, 0.1) is 68.4 Å². The maximum Gasteiger partial charge on any atom is 0.306 e. The van der Waals surface area contributed by atoms with E-state index >= 15 is 0 Å². The third kappa shape index (κ3) is 8.93. The van der Waals surface area contributed by atoms with E-state index in [2.05, 4.69) is 12.5 Å². The van der Waals surface area contributed by atoms with Gasteiger partial charge in [0.1, 0.15) is 0 Å². The predicted octanol–water partition coefficient (Wildman–Crippen LogP) is 10.6. The average molecular weight is 737 g/mol. The standard InChI is InChI=1S/C22H24O4S12/c1-5-25-11(23)7-9-29-15-16(30-10-8-12(24)26-6-2)34-18(33-15)20-37-21-22(38-20)36-19(35-21)17-31-13(27-3)14(28-4)32-17/h5-10H2,1-4H3. The zero-order valence-corrected chi connectivity index (χ0v) is 30.6. The van der Waals surface area contributed by atoms with E-state index in [0.29, 0.717) is 37.6 Å². The van der Waals surface area contributed by atoms with Crippen molar-refractivity contribution in [2.45, 2.75) is 26.7 Å². The summed E-state index contributed by atoms with van der Waals surface area (Å²) in [6.07, 6.45) is 5.10. The third-order valence-corrected chi connectivity index (χ3v) is 21.8. The van der Waals surface area contributed by atoms with Gasteiger partial charge in [0.2, 0.25) is 0 Å². The number of hydrogen-bond acceptors (Lipinski definition) is 16. The second-order valence-electron chi connectivity index (χ2n) is 6.91. The lowest BCUT2D eigenvalue weighted by Gasteiger charge is -2.07. The molecule has 4 aliphatic heterocycles. The maximum atomic E-state index is 11.8. The quantitative estimate of drug-likeness (QED) is 0.178. The van der Waals surface area contributed by atoms with Crippen molar-refractivity contribution in [2.24, 2.45) is 0 Å². The Morgan fingerprint density at radius 1 is 0.553 bits per heavy atom. The molecule has 0 bridgehead atoms.